The summed E-state index contributed by atoms with van der Waals surface area (Å²) in [5.41, 5.74) is 6.55. The summed E-state index contributed by atoms with van der Waals surface area (Å²) in [4.78, 5) is 13.7. The number of hydrogen-bond donors (Lipinski definition) is 2. The van der Waals surface area contributed by atoms with Crippen molar-refractivity contribution in [3.05, 3.63) is 30.3 Å². The van der Waals surface area contributed by atoms with Gasteiger partial charge in [0.05, 0.1) is 0 Å². The molecule has 0 fully saturated rings. The summed E-state index contributed by atoms with van der Waals surface area (Å²) in [7, 11) is 2.06. The number of benzene rings is 1. The number of para-hydroxylation sites is 1. The molecule has 1 aromatic carbocycles. The van der Waals surface area contributed by atoms with Gasteiger partial charge in [-0.2, -0.15) is 0 Å². The van der Waals surface area contributed by atoms with Crippen molar-refractivity contribution in [2.24, 2.45) is 5.73 Å². The first-order chi connectivity index (χ1) is 8.88. The van der Waals surface area contributed by atoms with Crippen LogP contribution >= 0.6 is 0 Å². The molecule has 0 aliphatic heterocycles. The van der Waals surface area contributed by atoms with Gasteiger partial charge in [-0.05, 0) is 32.4 Å². The van der Waals surface area contributed by atoms with Gasteiger partial charge in [-0.25, -0.2) is 0 Å². The fourth-order valence-electron chi connectivity index (χ4n) is 1.83. The lowest BCUT2D eigenvalue weighted by Gasteiger charge is -2.20. The van der Waals surface area contributed by atoms with Gasteiger partial charge in [0.15, 0.2) is 0 Å². The second-order valence-corrected chi connectivity index (χ2v) is 5.63. The van der Waals surface area contributed by atoms with Crippen LogP contribution in [-0.2, 0) is 4.79 Å². The molecule has 106 valence electrons. The maximum Gasteiger partial charge on any atom is 0.221 e. The molecule has 0 saturated carbocycles. The van der Waals surface area contributed by atoms with Gasteiger partial charge >= 0.3 is 0 Å². The van der Waals surface area contributed by atoms with Gasteiger partial charge in [0.25, 0.3) is 0 Å². The molecule has 1 aromatic rings. The molecule has 1 amide bonds. The molecule has 0 aliphatic rings. The maximum atomic E-state index is 11.6. The van der Waals surface area contributed by atoms with Crippen LogP contribution in [0.15, 0.2) is 30.3 Å². The molecule has 1 rings (SSSR count). The van der Waals surface area contributed by atoms with Gasteiger partial charge in [0, 0.05) is 37.8 Å². The lowest BCUT2D eigenvalue weighted by molar-refractivity contribution is -0.121. The summed E-state index contributed by atoms with van der Waals surface area (Å²) in [6.45, 7) is 5.31. The normalized spacial score (nSPS) is 11.2. The van der Waals surface area contributed by atoms with Gasteiger partial charge in [0.2, 0.25) is 5.91 Å². The molecule has 0 spiro atoms. The van der Waals surface area contributed by atoms with Crippen molar-refractivity contribution in [3.8, 4) is 0 Å². The van der Waals surface area contributed by atoms with Crippen molar-refractivity contribution < 1.29 is 4.79 Å². The molecule has 19 heavy (non-hydrogen) atoms. The lowest BCUT2D eigenvalue weighted by Crippen LogP contribution is -2.39. The Hall–Kier alpha value is -1.55. The number of carbonyl (C=O) groups is 1. The largest absolute Gasteiger partial charge is 0.375 e. The number of anilines is 1. The van der Waals surface area contributed by atoms with Crippen molar-refractivity contribution in [2.45, 2.75) is 32.2 Å². The maximum absolute atomic E-state index is 11.6. The van der Waals surface area contributed by atoms with Crippen LogP contribution in [0, 0.1) is 0 Å². The highest BCUT2D eigenvalue weighted by atomic mass is 16.1. The molecule has 0 unspecified atom stereocenters. The third kappa shape index (κ3) is 6.82. The van der Waals surface area contributed by atoms with E-state index in [2.05, 4.69) is 29.4 Å². The van der Waals surface area contributed by atoms with Gasteiger partial charge in [-0.3, -0.25) is 4.79 Å². The molecule has 4 nitrogen and oxygen atoms in total. The molecule has 0 saturated heterocycles. The van der Waals surface area contributed by atoms with E-state index in [1.54, 1.807) is 0 Å². The molecule has 0 heterocycles. The highest BCUT2D eigenvalue weighted by molar-refractivity contribution is 5.77. The Morgan fingerprint density at radius 1 is 1.32 bits per heavy atom. The molecule has 0 atom stereocenters. The second-order valence-electron chi connectivity index (χ2n) is 5.63. The topological polar surface area (TPSA) is 58.4 Å². The average Bonchev–Trinajstić information content (AvgIpc) is 2.33. The Bertz CT molecular complexity index is 384. The Kier molecular flexibility index (Phi) is 5.83. The van der Waals surface area contributed by atoms with E-state index in [0.717, 1.165) is 13.0 Å². The highest BCUT2D eigenvalue weighted by Crippen LogP contribution is 2.10. The number of nitrogens with zero attached hydrogens (tertiary/aromatic N) is 1. The zero-order valence-corrected chi connectivity index (χ0v) is 12.1. The first-order valence-electron chi connectivity index (χ1n) is 6.70. The second kappa shape index (κ2) is 7.14. The molecule has 0 bridgehead atoms. The molecule has 0 radical (unpaired) electrons. The predicted molar refractivity (Wildman–Crippen MR) is 80.2 cm³/mol. The Balaban J connectivity index is 2.19. The quantitative estimate of drug-likeness (QED) is 0.737. The number of hydrogen-bond acceptors (Lipinski definition) is 3. The number of amides is 1. The van der Waals surface area contributed by atoms with Crippen LogP contribution in [0.25, 0.3) is 0 Å². The summed E-state index contributed by atoms with van der Waals surface area (Å²) < 4.78 is 0. The van der Waals surface area contributed by atoms with E-state index in [1.807, 2.05) is 32.0 Å². The van der Waals surface area contributed by atoms with Crippen LogP contribution in [0.5, 0.6) is 0 Å². The van der Waals surface area contributed by atoms with E-state index in [4.69, 9.17) is 5.73 Å². The Morgan fingerprint density at radius 2 is 1.95 bits per heavy atom. The lowest BCUT2D eigenvalue weighted by atomic mass is 10.0. The summed E-state index contributed by atoms with van der Waals surface area (Å²) >= 11 is 0. The molecule has 3 N–H and O–H groups in total. The van der Waals surface area contributed by atoms with E-state index in [9.17, 15) is 4.79 Å². The first kappa shape index (κ1) is 15.5. The molecule has 0 aromatic heterocycles. The number of carbonyl (C=O) groups excluding carboxylic acids is 1. The average molecular weight is 263 g/mol. The van der Waals surface area contributed by atoms with Gasteiger partial charge in [-0.15, -0.1) is 0 Å². The van der Waals surface area contributed by atoms with Gasteiger partial charge < -0.3 is 16.0 Å². The minimum absolute atomic E-state index is 0.0230. The predicted octanol–water partition coefficient (Wildman–Crippen LogP) is 1.76. The molecule has 0 aliphatic carbocycles. The SMILES string of the molecule is CN(CCCNC(=O)CC(C)(C)N)c1ccccc1. The van der Waals surface area contributed by atoms with Crippen LogP contribution in [0.1, 0.15) is 26.7 Å². The van der Waals surface area contributed by atoms with Crippen LogP contribution in [0.2, 0.25) is 0 Å². The molecular formula is C15H25N3O. The zero-order chi connectivity index (χ0) is 14.3. The van der Waals surface area contributed by atoms with E-state index in [-0.39, 0.29) is 5.91 Å². The standard InChI is InChI=1S/C15H25N3O/c1-15(2,16)12-14(19)17-10-7-11-18(3)13-8-5-4-6-9-13/h4-6,8-9H,7,10-12,16H2,1-3H3,(H,17,19). The smallest absolute Gasteiger partial charge is 0.221 e. The third-order valence-corrected chi connectivity index (χ3v) is 2.81. The zero-order valence-electron chi connectivity index (χ0n) is 12.1. The van der Waals surface area contributed by atoms with Gasteiger partial charge in [-0.1, -0.05) is 18.2 Å². The Labute approximate surface area is 116 Å². The van der Waals surface area contributed by atoms with Crippen LogP contribution in [0.3, 0.4) is 0 Å². The third-order valence-electron chi connectivity index (χ3n) is 2.81. The van der Waals surface area contributed by atoms with Crippen molar-refractivity contribution >= 4 is 11.6 Å². The van der Waals surface area contributed by atoms with Crippen LogP contribution < -0.4 is 16.0 Å². The fraction of sp³-hybridized carbons (Fsp3) is 0.533. The molecule has 4 heteroatoms. The minimum Gasteiger partial charge on any atom is -0.375 e. The number of nitrogens with two attached hydrogens (primary N) is 1. The molecular weight excluding hydrogens is 238 g/mol. The van der Waals surface area contributed by atoms with Gasteiger partial charge in [0.1, 0.15) is 0 Å². The summed E-state index contributed by atoms with van der Waals surface area (Å²) in [5.74, 6) is 0.0230. The summed E-state index contributed by atoms with van der Waals surface area (Å²) in [6.07, 6.45) is 1.28. The van der Waals surface area contributed by atoms with E-state index < -0.39 is 5.54 Å². The first-order valence-corrected chi connectivity index (χ1v) is 6.70. The summed E-state index contributed by atoms with van der Waals surface area (Å²) in [6, 6.07) is 10.2. The van der Waals surface area contributed by atoms with E-state index in [0.29, 0.717) is 13.0 Å². The fourth-order valence-corrected chi connectivity index (χ4v) is 1.83. The Morgan fingerprint density at radius 3 is 2.53 bits per heavy atom. The van der Waals surface area contributed by atoms with Crippen LogP contribution in [-0.4, -0.2) is 31.6 Å². The van der Waals surface area contributed by atoms with E-state index in [1.165, 1.54) is 5.69 Å². The van der Waals surface area contributed by atoms with E-state index >= 15 is 0 Å². The van der Waals surface area contributed by atoms with Crippen molar-refractivity contribution in [3.63, 3.8) is 0 Å². The van der Waals surface area contributed by atoms with Crippen molar-refractivity contribution in [2.75, 3.05) is 25.0 Å². The highest BCUT2D eigenvalue weighted by Gasteiger charge is 2.15. The van der Waals surface area contributed by atoms with Crippen molar-refractivity contribution in [1.29, 1.82) is 0 Å². The van der Waals surface area contributed by atoms with Crippen LogP contribution in [0.4, 0.5) is 5.69 Å². The monoisotopic (exact) mass is 263 g/mol. The number of nitrogens with one attached hydrogen (secondary N) is 1. The summed E-state index contributed by atoms with van der Waals surface area (Å²) in [5, 5.41) is 2.90. The van der Waals surface area contributed by atoms with Crippen molar-refractivity contribution in [1.82, 2.24) is 5.32 Å². The number of rotatable bonds is 7. The minimum atomic E-state index is -0.440.